The van der Waals surface area contributed by atoms with E-state index in [9.17, 15) is 4.79 Å². The van der Waals surface area contributed by atoms with Crippen molar-refractivity contribution in [3.05, 3.63) is 30.0 Å². The third kappa shape index (κ3) is 4.04. The van der Waals surface area contributed by atoms with Gasteiger partial charge in [-0.25, -0.2) is 4.79 Å². The second-order valence-electron chi connectivity index (χ2n) is 5.30. The molecule has 0 atom stereocenters. The SMILES string of the molecule is CCOC(=O)c1n[nH]nc1Sc1cccc(OC2CCCC2)c1. The Kier molecular flexibility index (Phi) is 5.17. The summed E-state index contributed by atoms with van der Waals surface area (Å²) in [5, 5.41) is 10.9. The van der Waals surface area contributed by atoms with Gasteiger partial charge >= 0.3 is 5.97 Å². The maximum atomic E-state index is 11.8. The highest BCUT2D eigenvalue weighted by Crippen LogP contribution is 2.32. The molecule has 2 aromatic rings. The van der Waals surface area contributed by atoms with Gasteiger partial charge in [0.1, 0.15) is 5.75 Å². The van der Waals surface area contributed by atoms with Crippen molar-refractivity contribution in [3.8, 4) is 5.75 Å². The molecule has 1 aromatic heterocycles. The van der Waals surface area contributed by atoms with Crippen molar-refractivity contribution in [1.29, 1.82) is 0 Å². The summed E-state index contributed by atoms with van der Waals surface area (Å²) in [6.07, 6.45) is 5.03. The van der Waals surface area contributed by atoms with Crippen LogP contribution in [0.1, 0.15) is 43.1 Å². The van der Waals surface area contributed by atoms with E-state index < -0.39 is 5.97 Å². The van der Waals surface area contributed by atoms with E-state index in [1.165, 1.54) is 24.6 Å². The first kappa shape index (κ1) is 15.9. The first-order chi connectivity index (χ1) is 11.3. The lowest BCUT2D eigenvalue weighted by atomic mass is 10.3. The molecule has 0 radical (unpaired) electrons. The topological polar surface area (TPSA) is 77.1 Å². The molecule has 1 saturated carbocycles. The van der Waals surface area contributed by atoms with Crippen LogP contribution < -0.4 is 4.74 Å². The number of nitrogens with zero attached hydrogens (tertiary/aromatic N) is 2. The van der Waals surface area contributed by atoms with Gasteiger partial charge in [-0.15, -0.1) is 10.2 Å². The lowest BCUT2D eigenvalue weighted by Gasteiger charge is -2.13. The van der Waals surface area contributed by atoms with E-state index in [4.69, 9.17) is 9.47 Å². The third-order valence-electron chi connectivity index (χ3n) is 3.61. The van der Waals surface area contributed by atoms with E-state index in [-0.39, 0.29) is 5.69 Å². The Morgan fingerprint density at radius 1 is 1.35 bits per heavy atom. The van der Waals surface area contributed by atoms with Crippen molar-refractivity contribution in [2.24, 2.45) is 0 Å². The molecule has 0 spiro atoms. The fourth-order valence-electron chi connectivity index (χ4n) is 2.55. The van der Waals surface area contributed by atoms with Crippen molar-refractivity contribution >= 4 is 17.7 Å². The molecule has 1 fully saturated rings. The van der Waals surface area contributed by atoms with Crippen LogP contribution in [0.2, 0.25) is 0 Å². The Labute approximate surface area is 138 Å². The van der Waals surface area contributed by atoms with Gasteiger partial charge in [-0.05, 0) is 50.8 Å². The Morgan fingerprint density at radius 2 is 2.17 bits per heavy atom. The summed E-state index contributed by atoms with van der Waals surface area (Å²) in [5.41, 5.74) is 0.207. The number of hydrogen-bond donors (Lipinski definition) is 1. The minimum absolute atomic E-state index is 0.207. The van der Waals surface area contributed by atoms with Gasteiger partial charge in [0.2, 0.25) is 5.69 Å². The molecule has 1 aliphatic carbocycles. The molecule has 0 unspecified atom stereocenters. The molecule has 122 valence electrons. The molecule has 0 bridgehead atoms. The van der Waals surface area contributed by atoms with E-state index in [2.05, 4.69) is 15.4 Å². The van der Waals surface area contributed by atoms with Crippen LogP contribution in [0.25, 0.3) is 0 Å². The fourth-order valence-corrected chi connectivity index (χ4v) is 3.40. The van der Waals surface area contributed by atoms with Crippen LogP contribution in [-0.4, -0.2) is 34.1 Å². The van der Waals surface area contributed by atoms with Crippen LogP contribution in [0, 0.1) is 0 Å². The molecule has 6 nitrogen and oxygen atoms in total. The number of ether oxygens (including phenoxy) is 2. The largest absolute Gasteiger partial charge is 0.490 e. The van der Waals surface area contributed by atoms with Crippen LogP contribution in [0.5, 0.6) is 5.75 Å². The highest BCUT2D eigenvalue weighted by atomic mass is 32.2. The maximum absolute atomic E-state index is 11.8. The number of benzene rings is 1. The summed E-state index contributed by atoms with van der Waals surface area (Å²) >= 11 is 1.36. The highest BCUT2D eigenvalue weighted by Gasteiger charge is 2.19. The predicted molar refractivity (Wildman–Crippen MR) is 85.8 cm³/mol. The van der Waals surface area contributed by atoms with Crippen molar-refractivity contribution < 1.29 is 14.3 Å². The number of nitrogens with one attached hydrogen (secondary N) is 1. The van der Waals surface area contributed by atoms with Crippen LogP contribution in [0.15, 0.2) is 34.2 Å². The zero-order valence-electron chi connectivity index (χ0n) is 12.9. The zero-order chi connectivity index (χ0) is 16.1. The summed E-state index contributed by atoms with van der Waals surface area (Å²) in [4.78, 5) is 12.8. The summed E-state index contributed by atoms with van der Waals surface area (Å²) in [6.45, 7) is 2.06. The molecule has 1 N–H and O–H groups in total. The number of rotatable bonds is 6. The molecule has 0 aliphatic heterocycles. The Bertz CT molecular complexity index is 668. The minimum Gasteiger partial charge on any atom is -0.490 e. The van der Waals surface area contributed by atoms with E-state index in [1.807, 2.05) is 24.3 Å². The second-order valence-corrected chi connectivity index (χ2v) is 6.36. The number of hydrogen-bond acceptors (Lipinski definition) is 6. The fraction of sp³-hybridized carbons (Fsp3) is 0.438. The van der Waals surface area contributed by atoms with Crippen molar-refractivity contribution in [1.82, 2.24) is 15.4 Å². The number of esters is 1. The van der Waals surface area contributed by atoms with Gasteiger partial charge in [0.25, 0.3) is 0 Å². The zero-order valence-corrected chi connectivity index (χ0v) is 13.8. The number of carbonyl (C=O) groups excluding carboxylic acids is 1. The number of H-pyrrole nitrogens is 1. The average molecular weight is 333 g/mol. The molecule has 23 heavy (non-hydrogen) atoms. The van der Waals surface area contributed by atoms with Crippen LogP contribution in [0.3, 0.4) is 0 Å². The number of aromatic amines is 1. The van der Waals surface area contributed by atoms with Gasteiger partial charge < -0.3 is 9.47 Å². The predicted octanol–water partition coefficient (Wildman–Crippen LogP) is 3.45. The highest BCUT2D eigenvalue weighted by molar-refractivity contribution is 7.99. The molecule has 0 saturated heterocycles. The van der Waals surface area contributed by atoms with E-state index in [0.29, 0.717) is 17.7 Å². The first-order valence-electron chi connectivity index (χ1n) is 7.78. The second kappa shape index (κ2) is 7.50. The average Bonchev–Trinajstić information content (AvgIpc) is 3.20. The molecule has 0 amide bonds. The van der Waals surface area contributed by atoms with Gasteiger partial charge in [-0.2, -0.15) is 5.21 Å². The quantitative estimate of drug-likeness (QED) is 0.816. The first-order valence-corrected chi connectivity index (χ1v) is 8.60. The molecule has 3 rings (SSSR count). The van der Waals surface area contributed by atoms with Gasteiger partial charge in [0.05, 0.1) is 12.7 Å². The van der Waals surface area contributed by atoms with Crippen molar-refractivity contribution in [2.45, 2.75) is 48.6 Å². The van der Waals surface area contributed by atoms with Gasteiger partial charge in [-0.1, -0.05) is 17.8 Å². The molecule has 1 aromatic carbocycles. The van der Waals surface area contributed by atoms with E-state index in [1.54, 1.807) is 6.92 Å². The molecular formula is C16H19N3O3S. The van der Waals surface area contributed by atoms with Crippen LogP contribution in [0.4, 0.5) is 0 Å². The Hall–Kier alpha value is -2.02. The Balaban J connectivity index is 1.70. The van der Waals surface area contributed by atoms with Gasteiger partial charge in [-0.3, -0.25) is 0 Å². The van der Waals surface area contributed by atoms with Gasteiger partial charge in [0, 0.05) is 4.90 Å². The summed E-state index contributed by atoms with van der Waals surface area (Å²) < 4.78 is 11.0. The lowest BCUT2D eigenvalue weighted by Crippen LogP contribution is -2.10. The number of aromatic nitrogens is 3. The maximum Gasteiger partial charge on any atom is 0.361 e. The molecule has 1 heterocycles. The van der Waals surface area contributed by atoms with Crippen LogP contribution in [-0.2, 0) is 4.74 Å². The monoisotopic (exact) mass is 333 g/mol. The summed E-state index contributed by atoms with van der Waals surface area (Å²) in [5.74, 6) is 0.380. The number of carbonyl (C=O) groups is 1. The normalized spacial score (nSPS) is 14.8. The van der Waals surface area contributed by atoms with E-state index in [0.717, 1.165) is 23.5 Å². The molecule has 1 aliphatic rings. The molecule has 7 heteroatoms. The van der Waals surface area contributed by atoms with Crippen LogP contribution >= 0.6 is 11.8 Å². The van der Waals surface area contributed by atoms with Crippen molar-refractivity contribution in [2.75, 3.05) is 6.61 Å². The van der Waals surface area contributed by atoms with Gasteiger partial charge in [0.15, 0.2) is 5.03 Å². The smallest absolute Gasteiger partial charge is 0.361 e. The Morgan fingerprint density at radius 3 is 2.96 bits per heavy atom. The summed E-state index contributed by atoms with van der Waals surface area (Å²) in [7, 11) is 0. The van der Waals surface area contributed by atoms with Crippen molar-refractivity contribution in [3.63, 3.8) is 0 Å². The lowest BCUT2D eigenvalue weighted by molar-refractivity contribution is 0.0515. The third-order valence-corrected chi connectivity index (χ3v) is 4.58. The molecular weight excluding hydrogens is 314 g/mol. The minimum atomic E-state index is -0.470. The standard InChI is InChI=1S/C16H19N3O3S/c1-2-21-16(20)14-15(18-19-17-14)23-13-9-5-8-12(10-13)22-11-6-3-4-7-11/h5,8-11H,2-4,6-7H2,1H3,(H,17,18,19). The van der Waals surface area contributed by atoms with E-state index >= 15 is 0 Å². The summed E-state index contributed by atoms with van der Waals surface area (Å²) in [6, 6.07) is 7.82.